The standard InChI is InChI=1S/C12H21NO6/c1-3-10(15)8-19-12(17)5-4-11(16)13-6-7-18-9(2)14/h10,15H,3-8H2,1-2H3,(H,13,16). The van der Waals surface area contributed by atoms with Crippen LogP contribution in [0.3, 0.4) is 0 Å². The molecule has 1 amide bonds. The normalized spacial score (nSPS) is 11.5. The molecule has 7 nitrogen and oxygen atoms in total. The maximum atomic E-state index is 11.3. The van der Waals surface area contributed by atoms with Crippen LogP contribution in [0.2, 0.25) is 0 Å². The topological polar surface area (TPSA) is 102 Å². The summed E-state index contributed by atoms with van der Waals surface area (Å²) in [6, 6.07) is 0. The fourth-order valence-electron chi connectivity index (χ4n) is 1.07. The second-order valence-electron chi connectivity index (χ2n) is 3.94. The molecule has 0 aliphatic heterocycles. The Morgan fingerprint density at radius 3 is 2.47 bits per heavy atom. The lowest BCUT2D eigenvalue weighted by Crippen LogP contribution is -2.28. The van der Waals surface area contributed by atoms with Crippen molar-refractivity contribution in [1.82, 2.24) is 5.32 Å². The fourth-order valence-corrected chi connectivity index (χ4v) is 1.07. The van der Waals surface area contributed by atoms with E-state index >= 15 is 0 Å². The predicted molar refractivity (Wildman–Crippen MR) is 66.1 cm³/mol. The average Bonchev–Trinajstić information content (AvgIpc) is 2.38. The van der Waals surface area contributed by atoms with Crippen molar-refractivity contribution in [2.45, 2.75) is 39.2 Å². The number of carbonyl (C=O) groups excluding carboxylic acids is 3. The zero-order valence-corrected chi connectivity index (χ0v) is 11.3. The number of esters is 2. The highest BCUT2D eigenvalue weighted by Gasteiger charge is 2.09. The van der Waals surface area contributed by atoms with E-state index in [1.54, 1.807) is 6.92 Å². The van der Waals surface area contributed by atoms with Gasteiger partial charge < -0.3 is 19.9 Å². The van der Waals surface area contributed by atoms with Crippen LogP contribution in [0.5, 0.6) is 0 Å². The highest BCUT2D eigenvalue weighted by atomic mass is 16.5. The molecular weight excluding hydrogens is 254 g/mol. The lowest BCUT2D eigenvalue weighted by Gasteiger charge is -2.09. The minimum atomic E-state index is -0.665. The minimum Gasteiger partial charge on any atom is -0.464 e. The van der Waals surface area contributed by atoms with Crippen molar-refractivity contribution in [2.24, 2.45) is 0 Å². The Balaban J connectivity index is 3.56. The maximum absolute atomic E-state index is 11.3. The lowest BCUT2D eigenvalue weighted by molar-refractivity contribution is -0.147. The van der Waals surface area contributed by atoms with Crippen molar-refractivity contribution in [3.05, 3.63) is 0 Å². The van der Waals surface area contributed by atoms with Gasteiger partial charge >= 0.3 is 11.9 Å². The molecule has 0 aliphatic carbocycles. The summed E-state index contributed by atoms with van der Waals surface area (Å²) in [6.07, 6.45) is -0.206. The molecule has 7 heteroatoms. The van der Waals surface area contributed by atoms with Gasteiger partial charge in [0.25, 0.3) is 0 Å². The molecule has 19 heavy (non-hydrogen) atoms. The van der Waals surface area contributed by atoms with Crippen molar-refractivity contribution in [1.29, 1.82) is 0 Å². The Kier molecular flexibility index (Phi) is 9.42. The van der Waals surface area contributed by atoms with Crippen LogP contribution in [0.25, 0.3) is 0 Å². The summed E-state index contributed by atoms with van der Waals surface area (Å²) >= 11 is 0. The summed E-state index contributed by atoms with van der Waals surface area (Å²) in [4.78, 5) is 32.9. The second-order valence-corrected chi connectivity index (χ2v) is 3.94. The number of ether oxygens (including phenoxy) is 2. The third-order valence-corrected chi connectivity index (χ3v) is 2.19. The van der Waals surface area contributed by atoms with E-state index in [0.717, 1.165) is 0 Å². The molecule has 0 bridgehead atoms. The first-order valence-electron chi connectivity index (χ1n) is 6.19. The third-order valence-electron chi connectivity index (χ3n) is 2.19. The molecular formula is C12H21NO6. The smallest absolute Gasteiger partial charge is 0.306 e. The molecule has 0 rings (SSSR count). The molecule has 0 fully saturated rings. The van der Waals surface area contributed by atoms with Crippen LogP contribution in [-0.2, 0) is 23.9 Å². The summed E-state index contributed by atoms with van der Waals surface area (Å²) in [5.74, 6) is -1.25. The number of hydrogen-bond acceptors (Lipinski definition) is 6. The average molecular weight is 275 g/mol. The van der Waals surface area contributed by atoms with Crippen molar-refractivity contribution >= 4 is 17.8 Å². The van der Waals surface area contributed by atoms with E-state index in [0.29, 0.717) is 6.42 Å². The molecule has 0 radical (unpaired) electrons. The lowest BCUT2D eigenvalue weighted by atomic mass is 10.3. The second kappa shape index (κ2) is 10.3. The number of hydrogen-bond donors (Lipinski definition) is 2. The van der Waals surface area contributed by atoms with Crippen LogP contribution in [0.4, 0.5) is 0 Å². The zero-order valence-electron chi connectivity index (χ0n) is 11.3. The third kappa shape index (κ3) is 11.2. The molecule has 0 aromatic rings. The Labute approximate surface area is 112 Å². The monoisotopic (exact) mass is 275 g/mol. The largest absolute Gasteiger partial charge is 0.464 e. The Morgan fingerprint density at radius 2 is 1.89 bits per heavy atom. The van der Waals surface area contributed by atoms with Crippen molar-refractivity contribution in [2.75, 3.05) is 19.8 Å². The number of aliphatic hydroxyl groups excluding tert-OH is 1. The van der Waals surface area contributed by atoms with Gasteiger partial charge in [-0.15, -0.1) is 0 Å². The van der Waals surface area contributed by atoms with E-state index in [1.165, 1.54) is 6.92 Å². The van der Waals surface area contributed by atoms with Gasteiger partial charge in [-0.3, -0.25) is 14.4 Å². The highest BCUT2D eigenvalue weighted by Crippen LogP contribution is 1.96. The van der Waals surface area contributed by atoms with Crippen LogP contribution in [0, 0.1) is 0 Å². The molecule has 0 aromatic carbocycles. The van der Waals surface area contributed by atoms with Crippen molar-refractivity contribution in [3.63, 3.8) is 0 Å². The first kappa shape index (κ1) is 17.4. The summed E-state index contributed by atoms with van der Waals surface area (Å²) in [7, 11) is 0. The van der Waals surface area contributed by atoms with E-state index in [9.17, 15) is 19.5 Å². The van der Waals surface area contributed by atoms with Gasteiger partial charge in [0.05, 0.1) is 19.1 Å². The Hall–Kier alpha value is -1.63. The van der Waals surface area contributed by atoms with E-state index in [4.69, 9.17) is 4.74 Å². The predicted octanol–water partition coefficient (Wildman–Crippen LogP) is -0.240. The number of amides is 1. The molecule has 110 valence electrons. The summed E-state index contributed by atoms with van der Waals surface area (Å²) in [5, 5.41) is 11.7. The fraction of sp³-hybridized carbons (Fsp3) is 0.750. The SMILES string of the molecule is CCC(O)COC(=O)CCC(=O)NCCOC(C)=O. The summed E-state index contributed by atoms with van der Waals surface area (Å²) in [6.45, 7) is 3.32. The number of carbonyl (C=O) groups is 3. The van der Waals surface area contributed by atoms with E-state index in [1.807, 2.05) is 0 Å². The first-order chi connectivity index (χ1) is 8.95. The summed E-state index contributed by atoms with van der Waals surface area (Å²) in [5.41, 5.74) is 0. The van der Waals surface area contributed by atoms with Crippen LogP contribution in [-0.4, -0.2) is 48.8 Å². The van der Waals surface area contributed by atoms with Gasteiger partial charge in [0, 0.05) is 13.3 Å². The molecule has 0 saturated carbocycles. The van der Waals surface area contributed by atoms with Crippen LogP contribution >= 0.6 is 0 Å². The first-order valence-corrected chi connectivity index (χ1v) is 6.19. The molecule has 1 atom stereocenters. The van der Waals surface area contributed by atoms with Crippen molar-refractivity contribution in [3.8, 4) is 0 Å². The Bertz CT molecular complexity index is 305. The minimum absolute atomic E-state index is 0.00112. The van der Waals surface area contributed by atoms with Gasteiger partial charge in [0.15, 0.2) is 0 Å². The molecule has 0 aromatic heterocycles. The van der Waals surface area contributed by atoms with Crippen molar-refractivity contribution < 1.29 is 29.0 Å². The molecule has 0 spiro atoms. The van der Waals surface area contributed by atoms with Gasteiger partial charge in [-0.05, 0) is 6.42 Å². The molecule has 0 saturated heterocycles. The van der Waals surface area contributed by atoms with Crippen LogP contribution < -0.4 is 5.32 Å². The van der Waals surface area contributed by atoms with E-state index in [-0.39, 0.29) is 38.5 Å². The summed E-state index contributed by atoms with van der Waals surface area (Å²) < 4.78 is 9.39. The number of rotatable bonds is 9. The number of aliphatic hydroxyl groups is 1. The molecule has 1 unspecified atom stereocenters. The van der Waals surface area contributed by atoms with E-state index in [2.05, 4.69) is 10.1 Å². The zero-order chi connectivity index (χ0) is 14.7. The van der Waals surface area contributed by atoms with Gasteiger partial charge in [0.2, 0.25) is 5.91 Å². The van der Waals surface area contributed by atoms with Crippen LogP contribution in [0.15, 0.2) is 0 Å². The number of nitrogens with one attached hydrogen (secondary N) is 1. The molecule has 0 aliphatic rings. The molecule has 2 N–H and O–H groups in total. The highest BCUT2D eigenvalue weighted by molar-refractivity contribution is 5.81. The van der Waals surface area contributed by atoms with E-state index < -0.39 is 18.0 Å². The maximum Gasteiger partial charge on any atom is 0.306 e. The van der Waals surface area contributed by atoms with Gasteiger partial charge in [-0.25, -0.2) is 0 Å². The quantitative estimate of drug-likeness (QED) is 0.445. The van der Waals surface area contributed by atoms with Gasteiger partial charge in [0.1, 0.15) is 13.2 Å². The van der Waals surface area contributed by atoms with Crippen LogP contribution in [0.1, 0.15) is 33.1 Å². The van der Waals surface area contributed by atoms with Gasteiger partial charge in [-0.2, -0.15) is 0 Å². The Morgan fingerprint density at radius 1 is 1.21 bits per heavy atom. The van der Waals surface area contributed by atoms with Gasteiger partial charge in [-0.1, -0.05) is 6.92 Å². The molecule has 0 heterocycles.